The number of carbonyl (C=O) groups is 3. The van der Waals surface area contributed by atoms with Crippen molar-refractivity contribution in [3.8, 4) is 22.4 Å². The summed E-state index contributed by atoms with van der Waals surface area (Å²) in [7, 11) is 4.36. The van der Waals surface area contributed by atoms with Crippen molar-refractivity contribution < 1.29 is 19.1 Å². The molecule has 5 rings (SSSR count). The number of aryl methyl sites for hydroxylation is 1. The Hall–Kier alpha value is -4.30. The summed E-state index contributed by atoms with van der Waals surface area (Å²) < 4.78 is 9.45. The van der Waals surface area contributed by atoms with Gasteiger partial charge in [0.1, 0.15) is 6.73 Å². The van der Waals surface area contributed by atoms with Gasteiger partial charge in [0.05, 0.1) is 34.7 Å². The summed E-state index contributed by atoms with van der Waals surface area (Å²) in [6.45, 7) is 12.3. The maximum atomic E-state index is 13.3. The monoisotopic (exact) mass is 718 g/mol. The minimum absolute atomic E-state index is 0.0436. The van der Waals surface area contributed by atoms with Crippen molar-refractivity contribution in [2.24, 2.45) is 7.05 Å². The standard InChI is InChI=1S/C36H47ClN8O4Si/c1-25-30(22-45(40-25)24-49-18-19-50(5,6)7)26-8-10-27(11-9-26)32-21-38-34(42(32)4)35(47)39-28-12-13-29(31(37)20-28)36(48)44-16-14-43(15-17-44)33(46)23-41(2)3/h8-13,20-22H,14-19,23-24H2,1-7H3,(H,39,47). The average Bonchev–Trinajstić information content (AvgIpc) is 3.64. The number of piperazine rings is 1. The van der Waals surface area contributed by atoms with Crippen LogP contribution in [-0.2, 0) is 23.3 Å². The lowest BCUT2D eigenvalue weighted by molar-refractivity contribution is -0.133. The van der Waals surface area contributed by atoms with Crippen LogP contribution in [0.3, 0.4) is 0 Å². The smallest absolute Gasteiger partial charge is 0.291 e. The van der Waals surface area contributed by atoms with E-state index in [-0.39, 0.29) is 22.7 Å². The molecule has 50 heavy (non-hydrogen) atoms. The van der Waals surface area contributed by atoms with E-state index in [1.54, 1.807) is 45.8 Å². The van der Waals surface area contributed by atoms with Crippen LogP contribution in [-0.4, -0.2) is 113 Å². The van der Waals surface area contributed by atoms with Gasteiger partial charge in [0.25, 0.3) is 11.8 Å². The van der Waals surface area contributed by atoms with Crippen LogP contribution in [0.2, 0.25) is 30.7 Å². The summed E-state index contributed by atoms with van der Waals surface area (Å²) in [5.41, 5.74) is 5.49. The third-order valence-electron chi connectivity index (χ3n) is 8.68. The van der Waals surface area contributed by atoms with Crippen LogP contribution in [0.1, 0.15) is 26.7 Å². The van der Waals surface area contributed by atoms with Crippen LogP contribution in [0, 0.1) is 6.92 Å². The zero-order chi connectivity index (χ0) is 36.2. The second-order valence-corrected chi connectivity index (χ2v) is 20.2. The number of likely N-dealkylation sites (N-methyl/N-ethyl adjacent to an activating group) is 1. The number of imidazole rings is 1. The fourth-order valence-electron chi connectivity index (χ4n) is 5.77. The molecule has 0 spiro atoms. The van der Waals surface area contributed by atoms with Gasteiger partial charge < -0.3 is 29.3 Å². The van der Waals surface area contributed by atoms with Crippen molar-refractivity contribution in [3.63, 3.8) is 0 Å². The molecule has 1 aliphatic heterocycles. The fraction of sp³-hybridized carbons (Fsp3) is 0.417. The van der Waals surface area contributed by atoms with Gasteiger partial charge in [-0.1, -0.05) is 55.5 Å². The van der Waals surface area contributed by atoms with Crippen LogP contribution in [0.5, 0.6) is 0 Å². The highest BCUT2D eigenvalue weighted by atomic mass is 35.5. The lowest BCUT2D eigenvalue weighted by Gasteiger charge is -2.35. The van der Waals surface area contributed by atoms with E-state index >= 15 is 0 Å². The molecule has 266 valence electrons. The molecule has 1 fully saturated rings. The zero-order valence-electron chi connectivity index (χ0n) is 30.0. The molecule has 1 aliphatic rings. The Morgan fingerprint density at radius 3 is 2.28 bits per heavy atom. The van der Waals surface area contributed by atoms with E-state index in [0.29, 0.717) is 50.7 Å². The van der Waals surface area contributed by atoms with Crippen molar-refractivity contribution in [3.05, 3.63) is 77.0 Å². The predicted molar refractivity (Wildman–Crippen MR) is 199 cm³/mol. The maximum Gasteiger partial charge on any atom is 0.291 e. The highest BCUT2D eigenvalue weighted by Gasteiger charge is 2.26. The molecule has 0 saturated carbocycles. The lowest BCUT2D eigenvalue weighted by Crippen LogP contribution is -2.52. The molecule has 3 amide bonds. The minimum Gasteiger partial charge on any atom is -0.360 e. The van der Waals surface area contributed by atoms with Crippen molar-refractivity contribution in [1.82, 2.24) is 34.0 Å². The molecule has 3 heterocycles. The summed E-state index contributed by atoms with van der Waals surface area (Å²) in [6.07, 6.45) is 3.69. The van der Waals surface area contributed by atoms with E-state index in [1.165, 1.54) is 0 Å². The highest BCUT2D eigenvalue weighted by molar-refractivity contribution is 6.76. The Balaban J connectivity index is 1.19. The van der Waals surface area contributed by atoms with Gasteiger partial charge in [0, 0.05) is 65.4 Å². The second-order valence-electron chi connectivity index (χ2n) is 14.2. The number of carbonyl (C=O) groups excluding carboxylic acids is 3. The average molecular weight is 719 g/mol. The molecule has 0 aliphatic carbocycles. The summed E-state index contributed by atoms with van der Waals surface area (Å²) >= 11 is 6.54. The first kappa shape index (κ1) is 37.0. The summed E-state index contributed by atoms with van der Waals surface area (Å²) in [4.78, 5) is 48.6. The quantitative estimate of drug-likeness (QED) is 0.156. The molecule has 4 aromatic rings. The Kier molecular flexibility index (Phi) is 11.6. The van der Waals surface area contributed by atoms with Gasteiger partial charge in [0.15, 0.2) is 5.82 Å². The number of nitrogens with zero attached hydrogens (tertiary/aromatic N) is 7. The van der Waals surface area contributed by atoms with Crippen LogP contribution < -0.4 is 5.32 Å². The first-order valence-corrected chi connectivity index (χ1v) is 20.9. The summed E-state index contributed by atoms with van der Waals surface area (Å²) in [5.74, 6) is -0.340. The van der Waals surface area contributed by atoms with Gasteiger partial charge in [-0.2, -0.15) is 5.10 Å². The fourth-order valence-corrected chi connectivity index (χ4v) is 6.78. The van der Waals surface area contributed by atoms with Gasteiger partial charge in [-0.15, -0.1) is 0 Å². The molecular weight excluding hydrogens is 672 g/mol. The van der Waals surface area contributed by atoms with Gasteiger partial charge in [-0.25, -0.2) is 9.67 Å². The number of amides is 3. The molecule has 14 heteroatoms. The lowest BCUT2D eigenvalue weighted by atomic mass is 10.0. The third kappa shape index (κ3) is 9.07. The summed E-state index contributed by atoms with van der Waals surface area (Å²) in [6, 6.07) is 14.0. The van der Waals surface area contributed by atoms with E-state index in [2.05, 4.69) is 35.0 Å². The first-order chi connectivity index (χ1) is 23.7. The minimum atomic E-state index is -1.14. The van der Waals surface area contributed by atoms with E-state index in [1.807, 2.05) is 61.1 Å². The van der Waals surface area contributed by atoms with Crippen molar-refractivity contribution >= 4 is 43.1 Å². The SMILES string of the molecule is Cc1nn(COCC[Si](C)(C)C)cc1-c1ccc(-c2cnc(C(=O)Nc3ccc(C(=O)N4CCN(C(=O)CN(C)C)CC4)c(Cl)c3)n2C)cc1. The zero-order valence-corrected chi connectivity index (χ0v) is 31.8. The molecule has 0 unspecified atom stereocenters. The van der Waals surface area contributed by atoms with E-state index in [4.69, 9.17) is 16.3 Å². The Morgan fingerprint density at radius 2 is 1.64 bits per heavy atom. The Bertz CT molecular complexity index is 1840. The number of nitrogens with one attached hydrogen (secondary N) is 1. The third-order valence-corrected chi connectivity index (χ3v) is 10.7. The van der Waals surface area contributed by atoms with Gasteiger partial charge in [-0.05, 0) is 56.4 Å². The molecule has 0 radical (unpaired) electrons. The molecule has 0 bridgehead atoms. The normalized spacial score (nSPS) is 13.6. The number of halogens is 1. The van der Waals surface area contributed by atoms with Gasteiger partial charge in [0.2, 0.25) is 5.91 Å². The molecule has 2 aromatic heterocycles. The first-order valence-electron chi connectivity index (χ1n) is 16.8. The van der Waals surface area contributed by atoms with Crippen LogP contribution in [0.4, 0.5) is 5.69 Å². The maximum absolute atomic E-state index is 13.3. The Morgan fingerprint density at radius 1 is 0.980 bits per heavy atom. The predicted octanol–water partition coefficient (Wildman–Crippen LogP) is 5.32. The van der Waals surface area contributed by atoms with E-state index in [0.717, 1.165) is 40.7 Å². The van der Waals surface area contributed by atoms with Crippen LogP contribution in [0.15, 0.2) is 54.9 Å². The molecule has 2 aromatic carbocycles. The number of hydrogen-bond acceptors (Lipinski definition) is 7. The number of ether oxygens (including phenoxy) is 1. The molecule has 0 atom stereocenters. The number of aromatic nitrogens is 4. The van der Waals surface area contributed by atoms with E-state index < -0.39 is 14.0 Å². The van der Waals surface area contributed by atoms with Crippen LogP contribution >= 0.6 is 11.6 Å². The number of anilines is 1. The number of benzene rings is 2. The molecule has 1 N–H and O–H groups in total. The molecule has 1 saturated heterocycles. The summed E-state index contributed by atoms with van der Waals surface area (Å²) in [5, 5.41) is 7.71. The topological polar surface area (TPSA) is 118 Å². The van der Waals surface area contributed by atoms with Crippen LogP contribution in [0.25, 0.3) is 22.4 Å². The van der Waals surface area contributed by atoms with Gasteiger partial charge in [-0.3, -0.25) is 14.4 Å². The largest absolute Gasteiger partial charge is 0.360 e. The molecule has 12 nitrogen and oxygen atoms in total. The van der Waals surface area contributed by atoms with Crippen molar-refractivity contribution in [1.29, 1.82) is 0 Å². The highest BCUT2D eigenvalue weighted by Crippen LogP contribution is 2.28. The van der Waals surface area contributed by atoms with Crippen molar-refractivity contribution in [2.45, 2.75) is 39.3 Å². The molecular formula is C36H47ClN8O4Si. The Labute approximate surface area is 300 Å². The van der Waals surface area contributed by atoms with E-state index in [9.17, 15) is 14.4 Å². The second kappa shape index (κ2) is 15.7. The number of hydrogen-bond donors (Lipinski definition) is 1. The van der Waals surface area contributed by atoms with Gasteiger partial charge >= 0.3 is 0 Å². The number of rotatable bonds is 12. The van der Waals surface area contributed by atoms with Crippen molar-refractivity contribution in [2.75, 3.05) is 58.7 Å².